The molecule has 1 heterocycles. The summed E-state index contributed by atoms with van der Waals surface area (Å²) in [7, 11) is 0. The van der Waals surface area contributed by atoms with Crippen molar-refractivity contribution >= 4 is 16.9 Å². The number of aromatic nitrogens is 2. The number of aromatic amines is 1. The maximum absolute atomic E-state index is 11.9. The lowest BCUT2D eigenvalue weighted by Gasteiger charge is -2.12. The second-order valence-corrected chi connectivity index (χ2v) is 5.66. The molecule has 2 aromatic rings. The Bertz CT molecular complexity index is 719. The van der Waals surface area contributed by atoms with Crippen LogP contribution < -0.4 is 16.2 Å². The number of rotatable bonds is 4. The monoisotopic (exact) mass is 300 g/mol. The maximum atomic E-state index is 11.9. The van der Waals surface area contributed by atoms with E-state index in [0.29, 0.717) is 35.7 Å². The summed E-state index contributed by atoms with van der Waals surface area (Å²) in [6, 6.07) is 7.39. The number of para-hydroxylation sites is 1. The van der Waals surface area contributed by atoms with E-state index in [4.69, 9.17) is 0 Å². The van der Waals surface area contributed by atoms with Gasteiger partial charge in [-0.25, -0.2) is 9.78 Å². The van der Waals surface area contributed by atoms with E-state index in [-0.39, 0.29) is 11.6 Å². The zero-order chi connectivity index (χ0) is 15.4. The van der Waals surface area contributed by atoms with Crippen LogP contribution in [0.15, 0.2) is 29.1 Å². The van der Waals surface area contributed by atoms with Crippen molar-refractivity contribution < 1.29 is 4.79 Å². The number of H-pyrrole nitrogens is 1. The Kier molecular flexibility index (Phi) is 4.37. The largest absolute Gasteiger partial charge is 0.338 e. The van der Waals surface area contributed by atoms with Crippen LogP contribution in [-0.2, 0) is 6.42 Å². The van der Waals surface area contributed by atoms with Gasteiger partial charge >= 0.3 is 6.03 Å². The lowest BCUT2D eigenvalue weighted by atomic mass is 10.2. The van der Waals surface area contributed by atoms with Crippen LogP contribution in [0.1, 0.15) is 31.5 Å². The fourth-order valence-electron chi connectivity index (χ4n) is 2.85. The Morgan fingerprint density at radius 2 is 2.05 bits per heavy atom. The molecule has 1 aliphatic rings. The van der Waals surface area contributed by atoms with Crippen LogP contribution >= 0.6 is 0 Å². The number of nitrogens with zero attached hydrogens (tertiary/aromatic N) is 1. The molecule has 1 fully saturated rings. The van der Waals surface area contributed by atoms with E-state index in [0.717, 1.165) is 12.8 Å². The van der Waals surface area contributed by atoms with Crippen molar-refractivity contribution in [2.75, 3.05) is 6.54 Å². The van der Waals surface area contributed by atoms with E-state index < -0.39 is 0 Å². The predicted octanol–water partition coefficient (Wildman–Crippen LogP) is 1.71. The van der Waals surface area contributed by atoms with Gasteiger partial charge in [0.05, 0.1) is 10.9 Å². The average Bonchev–Trinajstić information content (AvgIpc) is 3.00. The molecule has 1 aromatic heterocycles. The van der Waals surface area contributed by atoms with Gasteiger partial charge in [0.25, 0.3) is 5.56 Å². The third-order valence-electron chi connectivity index (χ3n) is 4.00. The molecule has 0 saturated heterocycles. The van der Waals surface area contributed by atoms with Crippen LogP contribution in [0.25, 0.3) is 10.9 Å². The van der Waals surface area contributed by atoms with Crippen molar-refractivity contribution in [2.45, 2.75) is 38.1 Å². The normalized spacial score (nSPS) is 15.1. The Balaban J connectivity index is 1.55. The van der Waals surface area contributed by atoms with Crippen LogP contribution in [0.5, 0.6) is 0 Å². The maximum Gasteiger partial charge on any atom is 0.315 e. The van der Waals surface area contributed by atoms with Crippen molar-refractivity contribution in [1.29, 1.82) is 0 Å². The molecule has 0 spiro atoms. The van der Waals surface area contributed by atoms with E-state index in [1.165, 1.54) is 12.8 Å². The lowest BCUT2D eigenvalue weighted by Crippen LogP contribution is -2.41. The smallest absolute Gasteiger partial charge is 0.315 e. The van der Waals surface area contributed by atoms with E-state index in [1.807, 2.05) is 18.2 Å². The second-order valence-electron chi connectivity index (χ2n) is 5.66. The Labute approximate surface area is 128 Å². The van der Waals surface area contributed by atoms with Crippen molar-refractivity contribution in [3.05, 3.63) is 40.4 Å². The summed E-state index contributed by atoms with van der Waals surface area (Å²) in [5.41, 5.74) is 0.535. The number of fused-ring (bicyclic) bond motifs is 1. The van der Waals surface area contributed by atoms with Gasteiger partial charge in [-0.15, -0.1) is 0 Å². The molecule has 0 bridgehead atoms. The number of benzene rings is 1. The lowest BCUT2D eigenvalue weighted by molar-refractivity contribution is 0.237. The zero-order valence-corrected chi connectivity index (χ0v) is 12.4. The Morgan fingerprint density at radius 3 is 2.86 bits per heavy atom. The molecule has 0 atom stereocenters. The summed E-state index contributed by atoms with van der Waals surface area (Å²) in [6.45, 7) is 0.444. The topological polar surface area (TPSA) is 86.9 Å². The number of carbonyl (C=O) groups excluding carboxylic acids is 1. The first-order chi connectivity index (χ1) is 10.7. The molecule has 116 valence electrons. The third-order valence-corrected chi connectivity index (χ3v) is 4.00. The molecule has 1 saturated carbocycles. The number of urea groups is 1. The highest BCUT2D eigenvalue weighted by Gasteiger charge is 2.16. The summed E-state index contributed by atoms with van der Waals surface area (Å²) >= 11 is 0. The van der Waals surface area contributed by atoms with Crippen LogP contribution in [-0.4, -0.2) is 28.6 Å². The minimum Gasteiger partial charge on any atom is -0.338 e. The van der Waals surface area contributed by atoms with Gasteiger partial charge < -0.3 is 15.6 Å². The number of nitrogens with one attached hydrogen (secondary N) is 3. The molecule has 1 aromatic carbocycles. The quantitative estimate of drug-likeness (QED) is 0.803. The predicted molar refractivity (Wildman–Crippen MR) is 84.9 cm³/mol. The summed E-state index contributed by atoms with van der Waals surface area (Å²) in [4.78, 5) is 30.9. The number of carbonyl (C=O) groups is 1. The molecule has 3 N–H and O–H groups in total. The molecule has 1 aliphatic carbocycles. The molecule has 0 aliphatic heterocycles. The van der Waals surface area contributed by atoms with E-state index >= 15 is 0 Å². The van der Waals surface area contributed by atoms with Crippen LogP contribution in [0.2, 0.25) is 0 Å². The minimum absolute atomic E-state index is 0.143. The first-order valence-corrected chi connectivity index (χ1v) is 7.75. The molecule has 0 unspecified atom stereocenters. The van der Waals surface area contributed by atoms with Crippen molar-refractivity contribution in [3.63, 3.8) is 0 Å². The van der Waals surface area contributed by atoms with Crippen molar-refractivity contribution in [1.82, 2.24) is 20.6 Å². The molecule has 6 nitrogen and oxygen atoms in total. The van der Waals surface area contributed by atoms with Crippen molar-refractivity contribution in [3.8, 4) is 0 Å². The van der Waals surface area contributed by atoms with Gasteiger partial charge in [0.2, 0.25) is 0 Å². The zero-order valence-electron chi connectivity index (χ0n) is 12.4. The number of hydrogen-bond acceptors (Lipinski definition) is 3. The first kappa shape index (κ1) is 14.6. The molecular formula is C16H20N4O2. The summed E-state index contributed by atoms with van der Waals surface area (Å²) in [5, 5.41) is 6.36. The van der Waals surface area contributed by atoms with Gasteiger partial charge in [-0.05, 0) is 25.0 Å². The van der Waals surface area contributed by atoms with Crippen LogP contribution in [0.3, 0.4) is 0 Å². The molecule has 3 rings (SSSR count). The SMILES string of the molecule is O=C(NCCc1nc2ccccc2c(=O)[nH]1)NC1CCCC1. The van der Waals surface area contributed by atoms with Gasteiger partial charge in [0.1, 0.15) is 5.82 Å². The van der Waals surface area contributed by atoms with Crippen LogP contribution in [0.4, 0.5) is 4.79 Å². The molecule has 2 amide bonds. The highest BCUT2D eigenvalue weighted by molar-refractivity contribution is 5.77. The summed E-state index contributed by atoms with van der Waals surface area (Å²) in [6.07, 6.45) is 5.00. The fourth-order valence-corrected chi connectivity index (χ4v) is 2.85. The van der Waals surface area contributed by atoms with Gasteiger partial charge in [0.15, 0.2) is 0 Å². The highest BCUT2D eigenvalue weighted by Crippen LogP contribution is 2.17. The van der Waals surface area contributed by atoms with Gasteiger partial charge in [-0.2, -0.15) is 0 Å². The Morgan fingerprint density at radius 1 is 1.27 bits per heavy atom. The van der Waals surface area contributed by atoms with E-state index in [2.05, 4.69) is 20.6 Å². The standard InChI is InChI=1S/C16H20N4O2/c21-15-12-7-3-4-8-13(12)19-14(20-15)9-10-17-16(22)18-11-5-1-2-6-11/h3-4,7-8,11H,1-2,5-6,9-10H2,(H2,17,18,22)(H,19,20,21). The van der Waals surface area contributed by atoms with E-state index in [1.54, 1.807) is 6.07 Å². The van der Waals surface area contributed by atoms with Crippen LogP contribution in [0, 0.1) is 0 Å². The van der Waals surface area contributed by atoms with Crippen molar-refractivity contribution in [2.24, 2.45) is 0 Å². The highest BCUT2D eigenvalue weighted by atomic mass is 16.2. The van der Waals surface area contributed by atoms with Gasteiger partial charge in [-0.1, -0.05) is 25.0 Å². The van der Waals surface area contributed by atoms with Gasteiger partial charge in [0, 0.05) is 19.0 Å². The minimum atomic E-state index is -0.143. The van der Waals surface area contributed by atoms with Gasteiger partial charge in [-0.3, -0.25) is 4.79 Å². The molecule has 6 heteroatoms. The Hall–Kier alpha value is -2.37. The number of amides is 2. The number of hydrogen-bond donors (Lipinski definition) is 3. The van der Waals surface area contributed by atoms with E-state index in [9.17, 15) is 9.59 Å². The first-order valence-electron chi connectivity index (χ1n) is 7.75. The summed E-state index contributed by atoms with van der Waals surface area (Å²) in [5.74, 6) is 0.588. The molecular weight excluding hydrogens is 280 g/mol. The average molecular weight is 300 g/mol. The second kappa shape index (κ2) is 6.60. The fraction of sp³-hybridized carbons (Fsp3) is 0.438. The molecule has 0 radical (unpaired) electrons. The molecule has 22 heavy (non-hydrogen) atoms. The summed E-state index contributed by atoms with van der Waals surface area (Å²) < 4.78 is 0. The third kappa shape index (κ3) is 3.44.